The van der Waals surface area contributed by atoms with E-state index >= 15 is 0 Å². The van der Waals surface area contributed by atoms with Gasteiger partial charge < -0.3 is 5.11 Å². The van der Waals surface area contributed by atoms with Crippen LogP contribution in [0.5, 0.6) is 0 Å². The fourth-order valence-electron chi connectivity index (χ4n) is 2.03. The molecule has 0 radical (unpaired) electrons. The Morgan fingerprint density at radius 2 is 2.21 bits per heavy atom. The zero-order chi connectivity index (χ0) is 10.8. The van der Waals surface area contributed by atoms with Crippen molar-refractivity contribution in [2.75, 3.05) is 0 Å². The number of rotatable bonds is 2. The summed E-state index contributed by atoms with van der Waals surface area (Å²) in [5.41, 5.74) is 1.46. The van der Waals surface area contributed by atoms with Crippen molar-refractivity contribution in [2.45, 2.75) is 46.5 Å². The lowest BCUT2D eigenvalue weighted by molar-refractivity contribution is -0.136. The molecule has 0 saturated carbocycles. The SMILES string of the molecule is CC(C)(C)C1CC=C(CC(=O)O)CC1. The average molecular weight is 196 g/mol. The molecule has 2 nitrogen and oxygen atoms in total. The summed E-state index contributed by atoms with van der Waals surface area (Å²) in [6.07, 6.45) is 5.52. The van der Waals surface area contributed by atoms with Crippen molar-refractivity contribution < 1.29 is 9.90 Å². The Morgan fingerprint density at radius 1 is 1.57 bits per heavy atom. The lowest BCUT2D eigenvalue weighted by atomic mass is 9.73. The molecule has 0 fully saturated rings. The number of carboxylic acids is 1. The first-order valence-corrected chi connectivity index (χ1v) is 5.29. The summed E-state index contributed by atoms with van der Waals surface area (Å²) in [6, 6.07) is 0. The fourth-order valence-corrected chi connectivity index (χ4v) is 2.03. The molecule has 1 atom stereocenters. The molecule has 0 bridgehead atoms. The number of hydrogen-bond acceptors (Lipinski definition) is 1. The summed E-state index contributed by atoms with van der Waals surface area (Å²) in [6.45, 7) is 6.77. The topological polar surface area (TPSA) is 37.3 Å². The Kier molecular flexibility index (Phi) is 3.35. The maximum absolute atomic E-state index is 10.5. The molecule has 0 saturated heterocycles. The number of aliphatic carboxylic acids is 1. The van der Waals surface area contributed by atoms with Crippen LogP contribution in [0.25, 0.3) is 0 Å². The molecule has 80 valence electrons. The first kappa shape index (κ1) is 11.3. The highest BCUT2D eigenvalue weighted by atomic mass is 16.4. The van der Waals surface area contributed by atoms with Gasteiger partial charge >= 0.3 is 5.97 Å². The van der Waals surface area contributed by atoms with Crippen molar-refractivity contribution in [1.29, 1.82) is 0 Å². The van der Waals surface area contributed by atoms with Gasteiger partial charge in [-0.25, -0.2) is 0 Å². The molecule has 1 N–H and O–H groups in total. The zero-order valence-corrected chi connectivity index (χ0v) is 9.34. The molecular formula is C12H20O2. The van der Waals surface area contributed by atoms with Gasteiger partial charge in [0.25, 0.3) is 0 Å². The first-order valence-electron chi connectivity index (χ1n) is 5.29. The van der Waals surface area contributed by atoms with Crippen molar-refractivity contribution in [3.05, 3.63) is 11.6 Å². The van der Waals surface area contributed by atoms with E-state index in [0.717, 1.165) is 24.8 Å². The Bertz CT molecular complexity index is 246. The second-order valence-corrected chi connectivity index (χ2v) is 5.27. The highest BCUT2D eigenvalue weighted by molar-refractivity contribution is 5.70. The largest absolute Gasteiger partial charge is 0.481 e. The van der Waals surface area contributed by atoms with Crippen LogP contribution in [0, 0.1) is 11.3 Å². The van der Waals surface area contributed by atoms with Crippen LogP contribution in [0.4, 0.5) is 0 Å². The minimum absolute atomic E-state index is 0.233. The van der Waals surface area contributed by atoms with Gasteiger partial charge in [-0.2, -0.15) is 0 Å². The molecule has 1 unspecified atom stereocenters. The minimum atomic E-state index is -0.703. The molecule has 0 spiro atoms. The molecule has 0 aliphatic heterocycles. The molecular weight excluding hydrogens is 176 g/mol. The van der Waals surface area contributed by atoms with Crippen LogP contribution < -0.4 is 0 Å². The van der Waals surface area contributed by atoms with Gasteiger partial charge in [0.2, 0.25) is 0 Å². The molecule has 0 aromatic carbocycles. The molecule has 2 heteroatoms. The van der Waals surface area contributed by atoms with Crippen molar-refractivity contribution in [2.24, 2.45) is 11.3 Å². The van der Waals surface area contributed by atoms with Gasteiger partial charge in [-0.3, -0.25) is 4.79 Å². The van der Waals surface area contributed by atoms with E-state index in [1.54, 1.807) is 0 Å². The van der Waals surface area contributed by atoms with E-state index in [0.29, 0.717) is 11.3 Å². The number of carboxylic acid groups (broad SMARTS) is 1. The quantitative estimate of drug-likeness (QED) is 0.688. The standard InChI is InChI=1S/C12H20O2/c1-12(2,3)10-6-4-9(5-7-10)8-11(13)14/h4,10H,5-8H2,1-3H3,(H,13,14). The van der Waals surface area contributed by atoms with E-state index in [1.165, 1.54) is 0 Å². The molecule has 1 aliphatic carbocycles. The van der Waals surface area contributed by atoms with E-state index in [9.17, 15) is 4.79 Å². The summed E-state index contributed by atoms with van der Waals surface area (Å²) >= 11 is 0. The van der Waals surface area contributed by atoms with Crippen LogP contribution in [-0.2, 0) is 4.79 Å². The molecule has 0 aromatic heterocycles. The number of hydrogen-bond donors (Lipinski definition) is 1. The molecule has 1 aliphatic rings. The van der Waals surface area contributed by atoms with E-state index in [-0.39, 0.29) is 6.42 Å². The highest BCUT2D eigenvalue weighted by Crippen LogP contribution is 2.37. The third kappa shape index (κ3) is 3.17. The monoisotopic (exact) mass is 196 g/mol. The molecule has 14 heavy (non-hydrogen) atoms. The van der Waals surface area contributed by atoms with Crippen molar-refractivity contribution in [3.8, 4) is 0 Å². The highest BCUT2D eigenvalue weighted by Gasteiger charge is 2.26. The second kappa shape index (κ2) is 4.16. The van der Waals surface area contributed by atoms with Crippen molar-refractivity contribution in [3.63, 3.8) is 0 Å². The number of allylic oxidation sites excluding steroid dienone is 1. The normalized spacial score (nSPS) is 23.1. The average Bonchev–Trinajstić information content (AvgIpc) is 2.02. The maximum atomic E-state index is 10.5. The molecule has 0 amide bonds. The van der Waals surface area contributed by atoms with E-state index in [4.69, 9.17) is 5.11 Å². The summed E-state index contributed by atoms with van der Waals surface area (Å²) < 4.78 is 0. The predicted molar refractivity (Wildman–Crippen MR) is 57.1 cm³/mol. The van der Waals surface area contributed by atoms with Crippen LogP contribution in [0.3, 0.4) is 0 Å². The Morgan fingerprint density at radius 3 is 2.57 bits per heavy atom. The van der Waals surface area contributed by atoms with Crippen LogP contribution in [0.15, 0.2) is 11.6 Å². The fraction of sp³-hybridized carbons (Fsp3) is 0.750. The molecule has 0 aromatic rings. The Balaban J connectivity index is 2.51. The maximum Gasteiger partial charge on any atom is 0.307 e. The van der Waals surface area contributed by atoms with E-state index in [1.807, 2.05) is 0 Å². The van der Waals surface area contributed by atoms with Crippen molar-refractivity contribution in [1.82, 2.24) is 0 Å². The van der Waals surface area contributed by atoms with E-state index in [2.05, 4.69) is 26.8 Å². The lowest BCUT2D eigenvalue weighted by Crippen LogP contribution is -2.22. The van der Waals surface area contributed by atoms with Gasteiger partial charge in [0.15, 0.2) is 0 Å². The van der Waals surface area contributed by atoms with Gasteiger partial charge in [-0.1, -0.05) is 32.4 Å². The van der Waals surface area contributed by atoms with Crippen LogP contribution in [0.1, 0.15) is 46.5 Å². The van der Waals surface area contributed by atoms with Crippen molar-refractivity contribution >= 4 is 5.97 Å². The Labute approximate surface area is 86.0 Å². The number of carbonyl (C=O) groups is 1. The third-order valence-electron chi connectivity index (χ3n) is 3.11. The van der Waals surface area contributed by atoms with Crippen LogP contribution >= 0.6 is 0 Å². The first-order chi connectivity index (χ1) is 6.39. The summed E-state index contributed by atoms with van der Waals surface area (Å²) in [4.78, 5) is 10.5. The smallest absolute Gasteiger partial charge is 0.307 e. The minimum Gasteiger partial charge on any atom is -0.481 e. The summed E-state index contributed by atoms with van der Waals surface area (Å²) in [7, 11) is 0. The van der Waals surface area contributed by atoms with E-state index < -0.39 is 5.97 Å². The third-order valence-corrected chi connectivity index (χ3v) is 3.11. The molecule has 1 rings (SSSR count). The predicted octanol–water partition coefficient (Wildman–Crippen LogP) is 3.23. The van der Waals surface area contributed by atoms with Gasteiger partial charge in [-0.05, 0) is 30.6 Å². The van der Waals surface area contributed by atoms with Gasteiger partial charge in [0.05, 0.1) is 6.42 Å². The van der Waals surface area contributed by atoms with Gasteiger partial charge in [-0.15, -0.1) is 0 Å². The summed E-state index contributed by atoms with van der Waals surface area (Å²) in [5, 5.41) is 8.65. The van der Waals surface area contributed by atoms with Gasteiger partial charge in [0, 0.05) is 0 Å². The van der Waals surface area contributed by atoms with Gasteiger partial charge in [0.1, 0.15) is 0 Å². The van der Waals surface area contributed by atoms with Crippen LogP contribution in [-0.4, -0.2) is 11.1 Å². The Hall–Kier alpha value is -0.790. The second-order valence-electron chi connectivity index (χ2n) is 5.27. The zero-order valence-electron chi connectivity index (χ0n) is 9.34. The lowest BCUT2D eigenvalue weighted by Gasteiger charge is -2.33. The molecule has 0 heterocycles. The van der Waals surface area contributed by atoms with Crippen LogP contribution in [0.2, 0.25) is 0 Å². The summed E-state index contributed by atoms with van der Waals surface area (Å²) in [5.74, 6) is 0.00510.